The second-order valence-electron chi connectivity index (χ2n) is 7.31. The highest BCUT2D eigenvalue weighted by molar-refractivity contribution is 5.79. The highest BCUT2D eigenvalue weighted by Gasteiger charge is 2.30. The first-order chi connectivity index (χ1) is 11.3. The molecule has 1 aliphatic heterocycles. The van der Waals surface area contributed by atoms with E-state index in [4.69, 9.17) is 0 Å². The van der Waals surface area contributed by atoms with Crippen LogP contribution in [0.4, 0.5) is 0 Å². The Morgan fingerprint density at radius 1 is 1.26 bits per heavy atom. The minimum atomic E-state index is 0.306. The molecular formula is C18H30N4O. The van der Waals surface area contributed by atoms with E-state index in [-0.39, 0.29) is 0 Å². The Bertz CT molecular complexity index is 507. The second kappa shape index (κ2) is 7.93. The van der Waals surface area contributed by atoms with E-state index in [1.807, 2.05) is 4.68 Å². The summed E-state index contributed by atoms with van der Waals surface area (Å²) >= 11 is 0. The van der Waals surface area contributed by atoms with E-state index in [1.165, 1.54) is 32.1 Å². The molecule has 1 saturated heterocycles. The molecule has 5 nitrogen and oxygen atoms in total. The standard InChI is InChI=1S/C18H30N4O/c1-2-3-10-17-14-22(20-19-17)13-15-7-6-11-21(12-15)18(23)16-8-4-5-9-16/h14-16H,2-13H2,1H3. The van der Waals surface area contributed by atoms with Crippen molar-refractivity contribution in [2.45, 2.75) is 71.3 Å². The number of nitrogens with zero attached hydrogens (tertiary/aromatic N) is 4. The van der Waals surface area contributed by atoms with Crippen LogP contribution in [0.25, 0.3) is 0 Å². The molecule has 1 aromatic heterocycles. The first-order valence-electron chi connectivity index (χ1n) is 9.44. The Morgan fingerprint density at radius 3 is 2.87 bits per heavy atom. The molecule has 1 aromatic rings. The molecule has 0 aromatic carbocycles. The van der Waals surface area contributed by atoms with E-state index in [0.717, 1.165) is 51.0 Å². The third kappa shape index (κ3) is 4.33. The fourth-order valence-corrected chi connectivity index (χ4v) is 4.01. The van der Waals surface area contributed by atoms with Crippen LogP contribution in [0.15, 0.2) is 6.20 Å². The number of amides is 1. The molecule has 1 amide bonds. The summed E-state index contributed by atoms with van der Waals surface area (Å²) in [7, 11) is 0. The van der Waals surface area contributed by atoms with E-state index in [0.29, 0.717) is 17.7 Å². The number of rotatable bonds is 6. The van der Waals surface area contributed by atoms with E-state index in [2.05, 4.69) is 28.3 Å². The number of hydrogen-bond acceptors (Lipinski definition) is 3. The third-order valence-electron chi connectivity index (χ3n) is 5.35. The number of hydrogen-bond donors (Lipinski definition) is 0. The van der Waals surface area contributed by atoms with E-state index in [1.54, 1.807) is 0 Å². The average Bonchev–Trinajstić information content (AvgIpc) is 3.24. The number of piperidine rings is 1. The lowest BCUT2D eigenvalue weighted by Crippen LogP contribution is -2.43. The first-order valence-corrected chi connectivity index (χ1v) is 9.44. The molecule has 1 saturated carbocycles. The summed E-state index contributed by atoms with van der Waals surface area (Å²) in [5.74, 6) is 1.24. The largest absolute Gasteiger partial charge is 0.342 e. The monoisotopic (exact) mass is 318 g/mol. The molecule has 5 heteroatoms. The minimum Gasteiger partial charge on any atom is -0.342 e. The Kier molecular flexibility index (Phi) is 5.68. The number of carbonyl (C=O) groups excluding carboxylic acids is 1. The van der Waals surface area contributed by atoms with Crippen molar-refractivity contribution in [2.24, 2.45) is 11.8 Å². The lowest BCUT2D eigenvalue weighted by atomic mass is 9.96. The Balaban J connectivity index is 1.51. The highest BCUT2D eigenvalue weighted by Crippen LogP contribution is 2.28. The number of likely N-dealkylation sites (tertiary alicyclic amines) is 1. The molecule has 23 heavy (non-hydrogen) atoms. The summed E-state index contributed by atoms with van der Waals surface area (Å²) in [6, 6.07) is 0. The van der Waals surface area contributed by atoms with Gasteiger partial charge in [-0.15, -0.1) is 5.10 Å². The Labute approximate surface area is 139 Å². The molecule has 0 bridgehead atoms. The zero-order valence-electron chi connectivity index (χ0n) is 14.4. The van der Waals surface area contributed by atoms with Crippen LogP contribution in [0.5, 0.6) is 0 Å². The summed E-state index contributed by atoms with van der Waals surface area (Å²) in [6.45, 7) is 4.94. The average molecular weight is 318 g/mol. The molecule has 3 rings (SSSR count). The maximum atomic E-state index is 12.6. The van der Waals surface area contributed by atoms with Gasteiger partial charge in [0, 0.05) is 31.7 Å². The van der Waals surface area contributed by atoms with Crippen LogP contribution in [-0.2, 0) is 17.8 Å². The summed E-state index contributed by atoms with van der Waals surface area (Å²) in [4.78, 5) is 14.7. The van der Waals surface area contributed by atoms with Gasteiger partial charge in [0.25, 0.3) is 0 Å². The predicted octanol–water partition coefficient (Wildman–Crippen LogP) is 3.05. The van der Waals surface area contributed by atoms with Crippen molar-refractivity contribution in [3.63, 3.8) is 0 Å². The van der Waals surface area contributed by atoms with Gasteiger partial charge in [-0.1, -0.05) is 31.4 Å². The summed E-state index contributed by atoms with van der Waals surface area (Å²) in [5.41, 5.74) is 1.10. The molecule has 1 unspecified atom stereocenters. The quantitative estimate of drug-likeness (QED) is 0.810. The van der Waals surface area contributed by atoms with Crippen LogP contribution in [0.3, 0.4) is 0 Å². The van der Waals surface area contributed by atoms with Gasteiger partial charge < -0.3 is 4.90 Å². The van der Waals surface area contributed by atoms with Gasteiger partial charge in [0.1, 0.15) is 0 Å². The maximum absolute atomic E-state index is 12.6. The molecule has 2 aliphatic rings. The van der Waals surface area contributed by atoms with Gasteiger partial charge in [0.2, 0.25) is 5.91 Å². The summed E-state index contributed by atoms with van der Waals surface area (Å²) in [6.07, 6.45) is 12.5. The lowest BCUT2D eigenvalue weighted by molar-refractivity contribution is -0.137. The Morgan fingerprint density at radius 2 is 2.09 bits per heavy atom. The minimum absolute atomic E-state index is 0.306. The highest BCUT2D eigenvalue weighted by atomic mass is 16.2. The zero-order chi connectivity index (χ0) is 16.1. The molecule has 0 N–H and O–H groups in total. The Hall–Kier alpha value is -1.39. The zero-order valence-corrected chi connectivity index (χ0v) is 14.4. The van der Waals surface area contributed by atoms with Crippen molar-refractivity contribution in [3.05, 3.63) is 11.9 Å². The van der Waals surface area contributed by atoms with Crippen molar-refractivity contribution in [2.75, 3.05) is 13.1 Å². The van der Waals surface area contributed by atoms with Gasteiger partial charge >= 0.3 is 0 Å². The van der Waals surface area contributed by atoms with Crippen molar-refractivity contribution >= 4 is 5.91 Å². The number of aromatic nitrogens is 3. The van der Waals surface area contributed by atoms with Crippen LogP contribution in [0.1, 0.15) is 64.0 Å². The predicted molar refractivity (Wildman–Crippen MR) is 89.9 cm³/mol. The van der Waals surface area contributed by atoms with Gasteiger partial charge in [-0.25, -0.2) is 0 Å². The molecule has 2 fully saturated rings. The van der Waals surface area contributed by atoms with Gasteiger partial charge in [0.05, 0.1) is 5.69 Å². The smallest absolute Gasteiger partial charge is 0.225 e. The van der Waals surface area contributed by atoms with Crippen LogP contribution in [0, 0.1) is 11.8 Å². The molecule has 1 aliphatic carbocycles. The van der Waals surface area contributed by atoms with Crippen molar-refractivity contribution in [1.29, 1.82) is 0 Å². The number of aryl methyl sites for hydroxylation is 1. The number of carbonyl (C=O) groups is 1. The van der Waals surface area contributed by atoms with Crippen LogP contribution < -0.4 is 0 Å². The van der Waals surface area contributed by atoms with Gasteiger partial charge in [-0.05, 0) is 44.4 Å². The van der Waals surface area contributed by atoms with Crippen molar-refractivity contribution in [3.8, 4) is 0 Å². The van der Waals surface area contributed by atoms with E-state index in [9.17, 15) is 4.79 Å². The molecular weight excluding hydrogens is 288 g/mol. The van der Waals surface area contributed by atoms with Crippen LogP contribution in [-0.4, -0.2) is 38.9 Å². The van der Waals surface area contributed by atoms with E-state index >= 15 is 0 Å². The van der Waals surface area contributed by atoms with Gasteiger partial charge in [0.15, 0.2) is 0 Å². The lowest BCUT2D eigenvalue weighted by Gasteiger charge is -2.34. The number of unbranched alkanes of at least 4 members (excludes halogenated alkanes) is 1. The third-order valence-corrected chi connectivity index (χ3v) is 5.35. The fraction of sp³-hybridized carbons (Fsp3) is 0.833. The molecule has 2 heterocycles. The second-order valence-corrected chi connectivity index (χ2v) is 7.31. The van der Waals surface area contributed by atoms with Crippen molar-refractivity contribution < 1.29 is 4.79 Å². The molecule has 0 spiro atoms. The summed E-state index contributed by atoms with van der Waals surface area (Å²) < 4.78 is 1.99. The van der Waals surface area contributed by atoms with Crippen LogP contribution in [0.2, 0.25) is 0 Å². The SMILES string of the molecule is CCCCc1cn(CC2CCCN(C(=O)C3CCCC3)C2)nn1. The molecule has 1 atom stereocenters. The first kappa shape index (κ1) is 16.5. The fourth-order valence-electron chi connectivity index (χ4n) is 4.01. The van der Waals surface area contributed by atoms with Gasteiger partial charge in [-0.2, -0.15) is 0 Å². The summed E-state index contributed by atoms with van der Waals surface area (Å²) in [5, 5.41) is 8.54. The topological polar surface area (TPSA) is 51.0 Å². The van der Waals surface area contributed by atoms with Crippen molar-refractivity contribution in [1.82, 2.24) is 19.9 Å². The van der Waals surface area contributed by atoms with Crippen LogP contribution >= 0.6 is 0 Å². The molecule has 128 valence electrons. The normalized spacial score (nSPS) is 22.7. The van der Waals surface area contributed by atoms with E-state index < -0.39 is 0 Å². The maximum Gasteiger partial charge on any atom is 0.225 e. The van der Waals surface area contributed by atoms with Gasteiger partial charge in [-0.3, -0.25) is 9.48 Å². The molecule has 0 radical (unpaired) electrons.